The molecule has 2 aromatic carbocycles. The van der Waals surface area contributed by atoms with Crippen molar-refractivity contribution in [2.24, 2.45) is 5.73 Å². The van der Waals surface area contributed by atoms with Gasteiger partial charge in [-0.05, 0) is 36.4 Å². The molecular weight excluding hydrogens is 312 g/mol. The third kappa shape index (κ3) is 3.70. The molecule has 23 heavy (non-hydrogen) atoms. The average molecular weight is 326 g/mol. The van der Waals surface area contributed by atoms with Crippen LogP contribution in [0.25, 0.3) is 11.0 Å². The Labute approximate surface area is 136 Å². The SMILES string of the molecule is NC(=O)c1ccc(NC(=O)CSc2nc3ccccc3[nH]2)cc1. The monoisotopic (exact) mass is 326 g/mol. The number of amides is 2. The number of benzene rings is 2. The van der Waals surface area contributed by atoms with Gasteiger partial charge in [-0.25, -0.2) is 4.98 Å². The number of hydrogen-bond acceptors (Lipinski definition) is 4. The molecule has 6 nitrogen and oxygen atoms in total. The summed E-state index contributed by atoms with van der Waals surface area (Å²) in [5, 5.41) is 3.46. The Bertz CT molecular complexity index is 825. The van der Waals surface area contributed by atoms with Gasteiger partial charge in [0.2, 0.25) is 11.8 Å². The number of aromatic nitrogens is 2. The third-order valence-electron chi connectivity index (χ3n) is 3.16. The number of nitrogens with one attached hydrogen (secondary N) is 2. The zero-order valence-electron chi connectivity index (χ0n) is 12.1. The van der Waals surface area contributed by atoms with E-state index in [9.17, 15) is 9.59 Å². The summed E-state index contributed by atoms with van der Waals surface area (Å²) < 4.78 is 0. The largest absolute Gasteiger partial charge is 0.366 e. The van der Waals surface area contributed by atoms with Gasteiger partial charge in [0.15, 0.2) is 5.16 Å². The Balaban J connectivity index is 1.57. The molecule has 0 saturated carbocycles. The number of hydrogen-bond donors (Lipinski definition) is 3. The normalized spacial score (nSPS) is 10.6. The lowest BCUT2D eigenvalue weighted by Crippen LogP contribution is -2.15. The second-order valence-corrected chi connectivity index (χ2v) is 5.80. The molecule has 0 fully saturated rings. The van der Waals surface area contributed by atoms with Crippen LogP contribution in [0.2, 0.25) is 0 Å². The maximum atomic E-state index is 12.0. The van der Waals surface area contributed by atoms with Gasteiger partial charge in [0, 0.05) is 11.3 Å². The molecule has 1 heterocycles. The van der Waals surface area contributed by atoms with Gasteiger partial charge < -0.3 is 16.0 Å². The molecule has 3 aromatic rings. The van der Waals surface area contributed by atoms with Crippen molar-refractivity contribution in [3.8, 4) is 0 Å². The van der Waals surface area contributed by atoms with E-state index in [-0.39, 0.29) is 11.7 Å². The quantitative estimate of drug-likeness (QED) is 0.627. The van der Waals surface area contributed by atoms with Gasteiger partial charge in [0.1, 0.15) is 0 Å². The predicted molar refractivity (Wildman–Crippen MR) is 90.4 cm³/mol. The lowest BCUT2D eigenvalue weighted by Gasteiger charge is -2.04. The number of anilines is 1. The van der Waals surface area contributed by atoms with Crippen LogP contribution in [0.15, 0.2) is 53.7 Å². The fraction of sp³-hybridized carbons (Fsp3) is 0.0625. The Morgan fingerprint density at radius 3 is 2.57 bits per heavy atom. The first-order valence-electron chi connectivity index (χ1n) is 6.89. The first-order valence-corrected chi connectivity index (χ1v) is 7.87. The summed E-state index contributed by atoms with van der Waals surface area (Å²) in [5.41, 5.74) is 8.00. The van der Waals surface area contributed by atoms with Crippen LogP contribution in [0, 0.1) is 0 Å². The number of carbonyl (C=O) groups excluding carboxylic acids is 2. The highest BCUT2D eigenvalue weighted by molar-refractivity contribution is 7.99. The maximum absolute atomic E-state index is 12.0. The molecule has 3 rings (SSSR count). The highest BCUT2D eigenvalue weighted by atomic mass is 32.2. The van der Waals surface area contributed by atoms with Crippen LogP contribution in [-0.2, 0) is 4.79 Å². The topological polar surface area (TPSA) is 101 Å². The number of rotatable bonds is 5. The van der Waals surface area contributed by atoms with E-state index in [2.05, 4.69) is 15.3 Å². The number of H-pyrrole nitrogens is 1. The van der Waals surface area contributed by atoms with E-state index in [1.165, 1.54) is 11.8 Å². The van der Waals surface area contributed by atoms with Crippen molar-refractivity contribution in [3.63, 3.8) is 0 Å². The predicted octanol–water partition coefficient (Wildman–Crippen LogP) is 2.39. The molecule has 0 bridgehead atoms. The summed E-state index contributed by atoms with van der Waals surface area (Å²) in [4.78, 5) is 30.5. The summed E-state index contributed by atoms with van der Waals surface area (Å²) in [7, 11) is 0. The molecular formula is C16H14N4O2S. The number of nitrogens with two attached hydrogens (primary N) is 1. The second kappa shape index (κ2) is 6.53. The van der Waals surface area contributed by atoms with Crippen LogP contribution in [0.5, 0.6) is 0 Å². The van der Waals surface area contributed by atoms with Gasteiger partial charge >= 0.3 is 0 Å². The number of aromatic amines is 1. The minimum Gasteiger partial charge on any atom is -0.366 e. The van der Waals surface area contributed by atoms with E-state index in [1.54, 1.807) is 24.3 Å². The molecule has 0 unspecified atom stereocenters. The van der Waals surface area contributed by atoms with Crippen molar-refractivity contribution in [3.05, 3.63) is 54.1 Å². The van der Waals surface area contributed by atoms with Crippen LogP contribution in [-0.4, -0.2) is 27.5 Å². The van der Waals surface area contributed by atoms with Crippen molar-refractivity contribution in [1.82, 2.24) is 9.97 Å². The van der Waals surface area contributed by atoms with E-state index in [1.807, 2.05) is 24.3 Å². The molecule has 0 radical (unpaired) electrons. The van der Waals surface area contributed by atoms with Crippen molar-refractivity contribution in [2.75, 3.05) is 11.1 Å². The lowest BCUT2D eigenvalue weighted by molar-refractivity contribution is -0.113. The highest BCUT2D eigenvalue weighted by Gasteiger charge is 2.08. The van der Waals surface area contributed by atoms with Crippen LogP contribution >= 0.6 is 11.8 Å². The van der Waals surface area contributed by atoms with E-state index in [0.29, 0.717) is 16.4 Å². The molecule has 116 valence electrons. The summed E-state index contributed by atoms with van der Waals surface area (Å²) >= 11 is 1.33. The average Bonchev–Trinajstić information content (AvgIpc) is 2.96. The summed E-state index contributed by atoms with van der Waals surface area (Å²) in [6.45, 7) is 0. The molecule has 0 aliphatic rings. The smallest absolute Gasteiger partial charge is 0.248 e. The molecule has 0 spiro atoms. The summed E-state index contributed by atoms with van der Waals surface area (Å²) in [6.07, 6.45) is 0. The van der Waals surface area contributed by atoms with Crippen molar-refractivity contribution >= 4 is 40.3 Å². The van der Waals surface area contributed by atoms with Crippen LogP contribution in [0.1, 0.15) is 10.4 Å². The van der Waals surface area contributed by atoms with Crippen LogP contribution in [0.3, 0.4) is 0 Å². The van der Waals surface area contributed by atoms with Crippen LogP contribution < -0.4 is 11.1 Å². The molecule has 0 aliphatic heterocycles. The lowest BCUT2D eigenvalue weighted by atomic mass is 10.2. The molecule has 0 atom stereocenters. The van der Waals surface area contributed by atoms with E-state index in [4.69, 9.17) is 5.73 Å². The number of fused-ring (bicyclic) bond motifs is 1. The number of imidazole rings is 1. The fourth-order valence-electron chi connectivity index (χ4n) is 2.05. The van der Waals surface area contributed by atoms with E-state index >= 15 is 0 Å². The Hall–Kier alpha value is -2.80. The first kappa shape index (κ1) is 15.1. The molecule has 7 heteroatoms. The fourth-order valence-corrected chi connectivity index (χ4v) is 2.73. The molecule has 0 aliphatic carbocycles. The number of nitrogens with zero attached hydrogens (tertiary/aromatic N) is 1. The maximum Gasteiger partial charge on any atom is 0.248 e. The van der Waals surface area contributed by atoms with Crippen LogP contribution in [0.4, 0.5) is 5.69 Å². The minimum atomic E-state index is -0.497. The Morgan fingerprint density at radius 1 is 1.13 bits per heavy atom. The third-order valence-corrected chi connectivity index (χ3v) is 4.03. The number of primary amides is 1. The zero-order valence-corrected chi connectivity index (χ0v) is 12.9. The summed E-state index contributed by atoms with van der Waals surface area (Å²) in [5.74, 6) is -0.414. The van der Waals surface area contributed by atoms with Gasteiger partial charge in [0.25, 0.3) is 0 Å². The second-order valence-electron chi connectivity index (χ2n) is 4.84. The zero-order chi connectivity index (χ0) is 16.2. The van der Waals surface area contributed by atoms with Gasteiger partial charge in [-0.1, -0.05) is 23.9 Å². The minimum absolute atomic E-state index is 0.151. The summed E-state index contributed by atoms with van der Waals surface area (Å²) in [6, 6.07) is 14.1. The highest BCUT2D eigenvalue weighted by Crippen LogP contribution is 2.19. The number of thioether (sulfide) groups is 1. The van der Waals surface area contributed by atoms with Crippen molar-refractivity contribution in [1.29, 1.82) is 0 Å². The van der Waals surface area contributed by atoms with Gasteiger partial charge in [-0.15, -0.1) is 0 Å². The Kier molecular flexibility index (Phi) is 4.29. The van der Waals surface area contributed by atoms with E-state index < -0.39 is 5.91 Å². The number of para-hydroxylation sites is 2. The van der Waals surface area contributed by atoms with Gasteiger partial charge in [0.05, 0.1) is 16.8 Å². The molecule has 1 aromatic heterocycles. The van der Waals surface area contributed by atoms with Crippen molar-refractivity contribution < 1.29 is 9.59 Å². The van der Waals surface area contributed by atoms with Gasteiger partial charge in [-0.3, -0.25) is 9.59 Å². The van der Waals surface area contributed by atoms with Gasteiger partial charge in [-0.2, -0.15) is 0 Å². The standard InChI is InChI=1S/C16H14N4O2S/c17-15(22)10-5-7-11(8-6-10)18-14(21)9-23-16-19-12-3-1-2-4-13(12)20-16/h1-8H,9H2,(H2,17,22)(H,18,21)(H,19,20). The molecule has 0 saturated heterocycles. The van der Waals surface area contributed by atoms with Crippen molar-refractivity contribution in [2.45, 2.75) is 5.16 Å². The number of carbonyl (C=O) groups is 2. The Morgan fingerprint density at radius 2 is 1.87 bits per heavy atom. The van der Waals surface area contributed by atoms with E-state index in [0.717, 1.165) is 11.0 Å². The molecule has 2 amide bonds. The first-order chi connectivity index (χ1) is 11.1. The molecule has 4 N–H and O–H groups in total.